The molecule has 0 bridgehead atoms. The van der Waals surface area contributed by atoms with Crippen LogP contribution in [-0.2, 0) is 6.54 Å². The average Bonchev–Trinajstić information content (AvgIpc) is 2.84. The molecule has 96 valence electrons. The van der Waals surface area contributed by atoms with E-state index < -0.39 is 0 Å². The molecule has 0 saturated carbocycles. The minimum absolute atomic E-state index is 0.708. The van der Waals surface area contributed by atoms with Gasteiger partial charge in [0.2, 0.25) is 0 Å². The molecule has 1 aliphatic rings. The summed E-state index contributed by atoms with van der Waals surface area (Å²) in [6, 6.07) is 0.723. The molecule has 2 unspecified atom stereocenters. The van der Waals surface area contributed by atoms with Gasteiger partial charge in [0.15, 0.2) is 0 Å². The summed E-state index contributed by atoms with van der Waals surface area (Å²) in [6.07, 6.45) is 9.55. The first-order valence-electron chi connectivity index (χ1n) is 6.69. The van der Waals surface area contributed by atoms with Crippen LogP contribution in [0.2, 0.25) is 0 Å². The molecule has 1 fully saturated rings. The third kappa shape index (κ3) is 3.54. The molecule has 0 aliphatic carbocycles. The maximum atomic E-state index is 5.78. The lowest BCUT2D eigenvalue weighted by molar-refractivity contribution is 0.118. The van der Waals surface area contributed by atoms with Crippen molar-refractivity contribution < 1.29 is 0 Å². The summed E-state index contributed by atoms with van der Waals surface area (Å²) in [5.74, 6) is 0.708. The van der Waals surface area contributed by atoms with Crippen LogP contribution in [0.3, 0.4) is 0 Å². The Balaban J connectivity index is 1.73. The van der Waals surface area contributed by atoms with E-state index in [0.29, 0.717) is 5.92 Å². The molecule has 1 aliphatic heterocycles. The van der Waals surface area contributed by atoms with Gasteiger partial charge in [-0.1, -0.05) is 0 Å². The van der Waals surface area contributed by atoms with Gasteiger partial charge in [0.1, 0.15) is 0 Å². The van der Waals surface area contributed by atoms with Crippen LogP contribution < -0.4 is 5.73 Å². The van der Waals surface area contributed by atoms with Crippen LogP contribution >= 0.6 is 0 Å². The van der Waals surface area contributed by atoms with Crippen molar-refractivity contribution in [3.8, 4) is 0 Å². The summed E-state index contributed by atoms with van der Waals surface area (Å²) in [4.78, 5) is 6.66. The van der Waals surface area contributed by atoms with Crippen molar-refractivity contribution in [3.05, 3.63) is 18.7 Å². The Morgan fingerprint density at radius 2 is 2.24 bits per heavy atom. The predicted octanol–water partition coefficient (Wildman–Crippen LogP) is 1.33. The van der Waals surface area contributed by atoms with Gasteiger partial charge in [0.05, 0.1) is 6.33 Å². The molecular formula is C13H24N4. The van der Waals surface area contributed by atoms with Crippen molar-refractivity contribution in [2.24, 2.45) is 11.7 Å². The Hall–Kier alpha value is -0.870. The van der Waals surface area contributed by atoms with Gasteiger partial charge >= 0.3 is 0 Å². The van der Waals surface area contributed by atoms with Crippen molar-refractivity contribution >= 4 is 0 Å². The fraction of sp³-hybridized carbons (Fsp3) is 0.769. The Labute approximate surface area is 104 Å². The van der Waals surface area contributed by atoms with Gasteiger partial charge < -0.3 is 15.2 Å². The van der Waals surface area contributed by atoms with E-state index in [4.69, 9.17) is 5.73 Å². The minimum atomic E-state index is 0.708. The molecule has 2 rings (SSSR count). The topological polar surface area (TPSA) is 47.1 Å². The van der Waals surface area contributed by atoms with Crippen molar-refractivity contribution in [3.63, 3.8) is 0 Å². The molecule has 1 aromatic rings. The number of hydrogen-bond donors (Lipinski definition) is 1. The number of nitrogens with two attached hydrogens (primary N) is 1. The van der Waals surface area contributed by atoms with Gasteiger partial charge in [-0.05, 0) is 38.6 Å². The summed E-state index contributed by atoms with van der Waals surface area (Å²) in [7, 11) is 0. The zero-order valence-corrected chi connectivity index (χ0v) is 10.8. The second kappa shape index (κ2) is 6.17. The summed E-state index contributed by atoms with van der Waals surface area (Å²) in [6.45, 7) is 6.60. The van der Waals surface area contributed by atoms with Gasteiger partial charge in [-0.25, -0.2) is 4.98 Å². The predicted molar refractivity (Wildman–Crippen MR) is 69.7 cm³/mol. The van der Waals surface area contributed by atoms with Crippen LogP contribution in [0.15, 0.2) is 18.7 Å². The second-order valence-corrected chi connectivity index (χ2v) is 5.18. The highest BCUT2D eigenvalue weighted by Crippen LogP contribution is 2.21. The van der Waals surface area contributed by atoms with Gasteiger partial charge in [0, 0.05) is 38.1 Å². The SMILES string of the molecule is CC1CCC(CN)CN1CCCn1ccnc1. The van der Waals surface area contributed by atoms with Gasteiger partial charge in [-0.2, -0.15) is 0 Å². The lowest BCUT2D eigenvalue weighted by Gasteiger charge is -2.37. The first-order chi connectivity index (χ1) is 8.29. The molecule has 17 heavy (non-hydrogen) atoms. The summed E-state index contributed by atoms with van der Waals surface area (Å²) < 4.78 is 2.15. The molecule has 4 heteroatoms. The average molecular weight is 236 g/mol. The highest BCUT2D eigenvalue weighted by atomic mass is 15.2. The number of hydrogen-bond acceptors (Lipinski definition) is 3. The maximum Gasteiger partial charge on any atom is 0.0945 e. The molecule has 2 N–H and O–H groups in total. The first-order valence-corrected chi connectivity index (χ1v) is 6.69. The highest BCUT2D eigenvalue weighted by Gasteiger charge is 2.23. The fourth-order valence-electron chi connectivity index (χ4n) is 2.64. The molecule has 0 radical (unpaired) electrons. The van der Waals surface area contributed by atoms with E-state index in [0.717, 1.165) is 19.1 Å². The van der Waals surface area contributed by atoms with E-state index >= 15 is 0 Å². The lowest BCUT2D eigenvalue weighted by Crippen LogP contribution is -2.44. The van der Waals surface area contributed by atoms with Gasteiger partial charge in [-0.15, -0.1) is 0 Å². The molecule has 1 saturated heterocycles. The molecule has 0 spiro atoms. The van der Waals surface area contributed by atoms with Crippen LogP contribution in [0.4, 0.5) is 0 Å². The fourth-order valence-corrected chi connectivity index (χ4v) is 2.64. The third-order valence-electron chi connectivity index (χ3n) is 3.86. The minimum Gasteiger partial charge on any atom is -0.337 e. The number of likely N-dealkylation sites (tertiary alicyclic amines) is 1. The number of rotatable bonds is 5. The first kappa shape index (κ1) is 12.6. The highest BCUT2D eigenvalue weighted by molar-refractivity contribution is 4.80. The number of nitrogens with zero attached hydrogens (tertiary/aromatic N) is 3. The molecule has 0 amide bonds. The van der Waals surface area contributed by atoms with E-state index in [9.17, 15) is 0 Å². The monoisotopic (exact) mass is 236 g/mol. The summed E-state index contributed by atoms with van der Waals surface area (Å²) in [5, 5.41) is 0. The Morgan fingerprint density at radius 3 is 2.94 bits per heavy atom. The van der Waals surface area contributed by atoms with Crippen molar-refractivity contribution in [1.82, 2.24) is 14.5 Å². The van der Waals surface area contributed by atoms with Crippen LogP contribution in [-0.4, -0.2) is 40.1 Å². The molecule has 4 nitrogen and oxygen atoms in total. The third-order valence-corrected chi connectivity index (χ3v) is 3.86. The summed E-state index contributed by atoms with van der Waals surface area (Å²) >= 11 is 0. The largest absolute Gasteiger partial charge is 0.337 e. The Bertz CT molecular complexity index is 309. The van der Waals surface area contributed by atoms with E-state index in [-0.39, 0.29) is 0 Å². The number of piperidine rings is 1. The number of imidazole rings is 1. The Morgan fingerprint density at radius 1 is 1.35 bits per heavy atom. The second-order valence-electron chi connectivity index (χ2n) is 5.18. The van der Waals surface area contributed by atoms with Crippen LogP contribution in [0.25, 0.3) is 0 Å². The summed E-state index contributed by atoms with van der Waals surface area (Å²) in [5.41, 5.74) is 5.78. The van der Waals surface area contributed by atoms with Crippen LogP contribution in [0.5, 0.6) is 0 Å². The molecule has 1 aromatic heterocycles. The molecular weight excluding hydrogens is 212 g/mol. The Kier molecular flexibility index (Phi) is 4.57. The van der Waals surface area contributed by atoms with E-state index in [1.165, 1.54) is 32.4 Å². The lowest BCUT2D eigenvalue weighted by atomic mass is 9.93. The molecule has 0 aromatic carbocycles. The van der Waals surface area contributed by atoms with Crippen LogP contribution in [0, 0.1) is 5.92 Å². The molecule has 2 heterocycles. The van der Waals surface area contributed by atoms with Crippen molar-refractivity contribution in [2.45, 2.75) is 38.8 Å². The van der Waals surface area contributed by atoms with E-state index in [1.807, 2.05) is 18.7 Å². The van der Waals surface area contributed by atoms with Crippen LogP contribution in [0.1, 0.15) is 26.2 Å². The standard InChI is InChI=1S/C13H24N4/c1-12-3-4-13(9-14)10-17(12)7-2-6-16-8-5-15-11-16/h5,8,11-13H,2-4,6-7,9-10,14H2,1H3. The normalized spacial score (nSPS) is 26.2. The quantitative estimate of drug-likeness (QED) is 0.839. The smallest absolute Gasteiger partial charge is 0.0945 e. The molecule has 2 atom stereocenters. The zero-order chi connectivity index (χ0) is 12.1. The van der Waals surface area contributed by atoms with E-state index in [1.54, 1.807) is 0 Å². The van der Waals surface area contributed by atoms with Crippen molar-refractivity contribution in [2.75, 3.05) is 19.6 Å². The zero-order valence-electron chi connectivity index (χ0n) is 10.8. The van der Waals surface area contributed by atoms with E-state index in [2.05, 4.69) is 21.4 Å². The van der Waals surface area contributed by atoms with Crippen molar-refractivity contribution in [1.29, 1.82) is 0 Å². The van der Waals surface area contributed by atoms with Gasteiger partial charge in [-0.3, -0.25) is 0 Å². The number of aromatic nitrogens is 2. The number of aryl methyl sites for hydroxylation is 1. The maximum absolute atomic E-state index is 5.78. The van der Waals surface area contributed by atoms with Gasteiger partial charge in [0.25, 0.3) is 0 Å².